The Kier molecular flexibility index (Phi) is 5.64. The number of rotatable bonds is 5. The summed E-state index contributed by atoms with van der Waals surface area (Å²) in [5.74, 6) is -2.96. The van der Waals surface area contributed by atoms with Gasteiger partial charge in [-0.3, -0.25) is 0 Å². The number of halogens is 4. The van der Waals surface area contributed by atoms with E-state index < -0.39 is 23.5 Å². The van der Waals surface area contributed by atoms with Gasteiger partial charge in [-0.2, -0.15) is 0 Å². The van der Waals surface area contributed by atoms with Crippen molar-refractivity contribution in [2.45, 2.75) is 19.4 Å². The summed E-state index contributed by atoms with van der Waals surface area (Å²) in [5, 5.41) is 3.18. The van der Waals surface area contributed by atoms with Gasteiger partial charge in [0, 0.05) is 15.2 Å². The molecule has 0 aromatic heterocycles. The second-order valence-corrected chi connectivity index (χ2v) is 5.97. The zero-order valence-electron chi connectivity index (χ0n) is 11.5. The Morgan fingerprint density at radius 1 is 1.00 bits per heavy atom. The SMILES string of the molecule is CCCNC(c1ccc(I)cc1)c1cc(F)c(F)cc1F. The molecule has 1 atom stereocenters. The van der Waals surface area contributed by atoms with Gasteiger partial charge in [0.1, 0.15) is 5.82 Å². The van der Waals surface area contributed by atoms with Gasteiger partial charge in [0.05, 0.1) is 6.04 Å². The molecule has 1 unspecified atom stereocenters. The Morgan fingerprint density at radius 2 is 1.62 bits per heavy atom. The fraction of sp³-hybridized carbons (Fsp3) is 0.250. The van der Waals surface area contributed by atoms with Crippen LogP contribution in [-0.4, -0.2) is 6.54 Å². The molecule has 0 aliphatic carbocycles. The van der Waals surface area contributed by atoms with E-state index in [0.29, 0.717) is 12.6 Å². The van der Waals surface area contributed by atoms with E-state index in [1.807, 2.05) is 31.2 Å². The minimum absolute atomic E-state index is 0.114. The predicted molar refractivity (Wildman–Crippen MR) is 85.6 cm³/mol. The highest BCUT2D eigenvalue weighted by molar-refractivity contribution is 14.1. The fourth-order valence-corrected chi connectivity index (χ4v) is 2.47. The molecule has 0 aliphatic heterocycles. The topological polar surface area (TPSA) is 12.0 Å². The van der Waals surface area contributed by atoms with Gasteiger partial charge >= 0.3 is 0 Å². The normalized spacial score (nSPS) is 12.4. The molecule has 2 rings (SSSR count). The zero-order chi connectivity index (χ0) is 15.4. The van der Waals surface area contributed by atoms with Crippen LogP contribution in [0.3, 0.4) is 0 Å². The maximum atomic E-state index is 14.0. The average molecular weight is 405 g/mol. The number of nitrogens with one attached hydrogen (secondary N) is 1. The first kappa shape index (κ1) is 16.3. The first-order valence-corrected chi connectivity index (χ1v) is 7.74. The third kappa shape index (κ3) is 3.97. The molecule has 0 aliphatic rings. The molecule has 5 heteroatoms. The van der Waals surface area contributed by atoms with Gasteiger partial charge in [0.15, 0.2) is 11.6 Å². The third-order valence-electron chi connectivity index (χ3n) is 3.15. The van der Waals surface area contributed by atoms with Crippen LogP contribution in [0.1, 0.15) is 30.5 Å². The minimum atomic E-state index is -1.17. The van der Waals surface area contributed by atoms with Crippen molar-refractivity contribution in [1.82, 2.24) is 5.32 Å². The second-order valence-electron chi connectivity index (χ2n) is 4.73. The summed E-state index contributed by atoms with van der Waals surface area (Å²) in [6.45, 7) is 2.63. The molecule has 2 aromatic carbocycles. The maximum absolute atomic E-state index is 14.0. The van der Waals surface area contributed by atoms with Gasteiger partial charge in [-0.15, -0.1) is 0 Å². The summed E-state index contributed by atoms with van der Waals surface area (Å²) >= 11 is 2.18. The Labute approximate surface area is 135 Å². The molecule has 0 heterocycles. The van der Waals surface area contributed by atoms with E-state index in [0.717, 1.165) is 21.6 Å². The second kappa shape index (κ2) is 7.26. The average Bonchev–Trinajstić information content (AvgIpc) is 2.46. The number of benzene rings is 2. The van der Waals surface area contributed by atoms with Crippen molar-refractivity contribution in [2.24, 2.45) is 0 Å². The number of hydrogen-bond donors (Lipinski definition) is 1. The Balaban J connectivity index is 2.45. The Hall–Kier alpha value is -1.08. The first-order chi connectivity index (χ1) is 10.0. The summed E-state index contributed by atoms with van der Waals surface area (Å²) < 4.78 is 41.6. The van der Waals surface area contributed by atoms with E-state index in [9.17, 15) is 13.2 Å². The van der Waals surface area contributed by atoms with Crippen LogP contribution in [0, 0.1) is 21.0 Å². The Morgan fingerprint density at radius 3 is 2.24 bits per heavy atom. The van der Waals surface area contributed by atoms with Crippen LogP contribution >= 0.6 is 22.6 Å². The van der Waals surface area contributed by atoms with E-state index >= 15 is 0 Å². The molecule has 1 nitrogen and oxygen atoms in total. The summed E-state index contributed by atoms with van der Waals surface area (Å²) in [5.41, 5.74) is 0.928. The summed E-state index contributed by atoms with van der Waals surface area (Å²) in [4.78, 5) is 0. The van der Waals surface area contributed by atoms with E-state index in [4.69, 9.17) is 0 Å². The highest BCUT2D eigenvalue weighted by atomic mass is 127. The van der Waals surface area contributed by atoms with Crippen molar-refractivity contribution in [2.75, 3.05) is 6.54 Å². The van der Waals surface area contributed by atoms with Gasteiger partial charge in [-0.05, 0) is 59.3 Å². The molecule has 0 amide bonds. The van der Waals surface area contributed by atoms with Crippen LogP contribution < -0.4 is 5.32 Å². The molecule has 112 valence electrons. The molecule has 2 aromatic rings. The summed E-state index contributed by atoms with van der Waals surface area (Å²) in [6, 6.07) is 8.53. The molecule has 0 saturated carbocycles. The molecule has 1 N–H and O–H groups in total. The van der Waals surface area contributed by atoms with Crippen LogP contribution in [0.15, 0.2) is 36.4 Å². The molecule has 21 heavy (non-hydrogen) atoms. The van der Waals surface area contributed by atoms with Crippen molar-refractivity contribution in [3.8, 4) is 0 Å². The highest BCUT2D eigenvalue weighted by Gasteiger charge is 2.20. The standard InChI is InChI=1S/C16H15F3IN/c1-2-7-21-16(10-3-5-11(20)6-4-10)12-8-14(18)15(19)9-13(12)17/h3-6,8-9,16,21H,2,7H2,1H3. The number of hydrogen-bond acceptors (Lipinski definition) is 1. The molecular formula is C16H15F3IN. The van der Waals surface area contributed by atoms with Crippen molar-refractivity contribution in [3.63, 3.8) is 0 Å². The van der Waals surface area contributed by atoms with E-state index in [1.54, 1.807) is 0 Å². The van der Waals surface area contributed by atoms with Crippen molar-refractivity contribution < 1.29 is 13.2 Å². The van der Waals surface area contributed by atoms with Crippen LogP contribution in [0.25, 0.3) is 0 Å². The molecule has 0 spiro atoms. The van der Waals surface area contributed by atoms with Gasteiger partial charge in [-0.1, -0.05) is 19.1 Å². The monoisotopic (exact) mass is 405 g/mol. The van der Waals surface area contributed by atoms with Crippen LogP contribution in [0.2, 0.25) is 0 Å². The van der Waals surface area contributed by atoms with E-state index in [1.165, 1.54) is 0 Å². The maximum Gasteiger partial charge on any atom is 0.161 e. The van der Waals surface area contributed by atoms with Gasteiger partial charge in [0.2, 0.25) is 0 Å². The smallest absolute Gasteiger partial charge is 0.161 e. The minimum Gasteiger partial charge on any atom is -0.306 e. The van der Waals surface area contributed by atoms with Gasteiger partial charge < -0.3 is 5.32 Å². The van der Waals surface area contributed by atoms with Crippen LogP contribution in [0.4, 0.5) is 13.2 Å². The Bertz CT molecular complexity index is 614. The van der Waals surface area contributed by atoms with Crippen molar-refractivity contribution in [1.29, 1.82) is 0 Å². The fourth-order valence-electron chi connectivity index (χ4n) is 2.11. The van der Waals surface area contributed by atoms with E-state index in [2.05, 4.69) is 27.9 Å². The molecule has 0 saturated heterocycles. The van der Waals surface area contributed by atoms with Crippen molar-refractivity contribution >= 4 is 22.6 Å². The van der Waals surface area contributed by atoms with Crippen LogP contribution in [0.5, 0.6) is 0 Å². The summed E-state index contributed by atoms with van der Waals surface area (Å²) in [7, 11) is 0. The predicted octanol–water partition coefficient (Wildman–Crippen LogP) is 4.80. The van der Waals surface area contributed by atoms with Gasteiger partial charge in [0.25, 0.3) is 0 Å². The molecule has 0 radical (unpaired) electrons. The lowest BCUT2D eigenvalue weighted by atomic mass is 9.97. The molecule has 0 fully saturated rings. The lowest BCUT2D eigenvalue weighted by Crippen LogP contribution is -2.24. The lowest BCUT2D eigenvalue weighted by Gasteiger charge is -2.20. The highest BCUT2D eigenvalue weighted by Crippen LogP contribution is 2.27. The van der Waals surface area contributed by atoms with E-state index in [-0.39, 0.29) is 5.56 Å². The van der Waals surface area contributed by atoms with Crippen molar-refractivity contribution in [3.05, 3.63) is 68.5 Å². The zero-order valence-corrected chi connectivity index (χ0v) is 13.6. The molecular weight excluding hydrogens is 390 g/mol. The quantitative estimate of drug-likeness (QED) is 0.557. The first-order valence-electron chi connectivity index (χ1n) is 6.66. The largest absolute Gasteiger partial charge is 0.306 e. The van der Waals surface area contributed by atoms with Gasteiger partial charge in [-0.25, -0.2) is 13.2 Å². The lowest BCUT2D eigenvalue weighted by molar-refractivity contribution is 0.479. The van der Waals surface area contributed by atoms with Crippen LogP contribution in [-0.2, 0) is 0 Å². The third-order valence-corrected chi connectivity index (χ3v) is 3.87. The summed E-state index contributed by atoms with van der Waals surface area (Å²) in [6.07, 6.45) is 0.853. The molecule has 0 bridgehead atoms.